The Morgan fingerprint density at radius 2 is 1.97 bits per heavy atom. The number of hydrogen-bond donors (Lipinski definition) is 1. The van der Waals surface area contributed by atoms with Gasteiger partial charge in [0.25, 0.3) is 0 Å². The van der Waals surface area contributed by atoms with Crippen LogP contribution in [0.1, 0.15) is 39.5 Å². The van der Waals surface area contributed by atoms with Crippen molar-refractivity contribution in [2.45, 2.75) is 62.8 Å². The molecule has 8 heteroatoms. The third kappa shape index (κ3) is 3.47. The van der Waals surface area contributed by atoms with Gasteiger partial charge in [-0.15, -0.1) is 10.2 Å². The van der Waals surface area contributed by atoms with Crippen molar-refractivity contribution in [3.63, 3.8) is 0 Å². The summed E-state index contributed by atoms with van der Waals surface area (Å²) < 4.78 is 17.7. The molecule has 0 saturated carbocycles. The van der Waals surface area contributed by atoms with Gasteiger partial charge in [0.15, 0.2) is 5.82 Å². The summed E-state index contributed by atoms with van der Waals surface area (Å²) >= 11 is 0. The number of piperidine rings is 2. The van der Waals surface area contributed by atoms with E-state index in [1.165, 1.54) is 0 Å². The van der Waals surface area contributed by atoms with Crippen molar-refractivity contribution in [3.8, 4) is 22.7 Å². The molecule has 3 aromatic rings. The van der Waals surface area contributed by atoms with Crippen LogP contribution in [0.3, 0.4) is 0 Å². The molecule has 0 amide bonds. The average Bonchev–Trinajstić information content (AvgIpc) is 3.35. The lowest BCUT2D eigenvalue weighted by atomic mass is 9.66. The topological polar surface area (TPSA) is 70.3 Å². The number of alkyl halides is 1. The highest BCUT2D eigenvalue weighted by atomic mass is 19.1. The van der Waals surface area contributed by atoms with Gasteiger partial charge >= 0.3 is 0 Å². The van der Waals surface area contributed by atoms with Crippen LogP contribution in [0.15, 0.2) is 49.1 Å². The zero-order valence-electron chi connectivity index (χ0n) is 19.6. The van der Waals surface area contributed by atoms with E-state index in [1.54, 1.807) is 18.6 Å². The van der Waals surface area contributed by atoms with Crippen LogP contribution in [-0.2, 0) is 0 Å². The van der Waals surface area contributed by atoms with E-state index in [4.69, 9.17) is 0 Å². The molecular formula is C25H31FN6O. The standard InChI is InChI=1S/C25H31FN6O/c1-24-10-5-11-25(2,31(24)4)23(26)20(15-24)30(3)22-9-8-19(28-29-22)18-7-6-17(14-21(18)33)32-13-12-27-16-32/h6-9,12-14,16,20,23,33H,5,10-11,15H2,1-4H3/t20-,23+,24-,25+/m1/s1. The Kier molecular flexibility index (Phi) is 5.16. The van der Waals surface area contributed by atoms with Crippen LogP contribution in [-0.4, -0.2) is 67.1 Å². The molecule has 33 heavy (non-hydrogen) atoms. The molecule has 2 aliphatic heterocycles. The van der Waals surface area contributed by atoms with Gasteiger partial charge in [-0.1, -0.05) is 0 Å². The van der Waals surface area contributed by atoms with Gasteiger partial charge in [-0.05, 0) is 70.8 Å². The maximum absolute atomic E-state index is 15.8. The fraction of sp³-hybridized carbons (Fsp3) is 0.480. The number of rotatable bonds is 4. The number of phenols is 1. The van der Waals surface area contributed by atoms with Crippen LogP contribution in [0.25, 0.3) is 16.9 Å². The molecule has 0 spiro atoms. The number of nitrogens with zero attached hydrogens (tertiary/aromatic N) is 6. The third-order valence-electron chi connectivity index (χ3n) is 8.12. The molecule has 1 N–H and O–H groups in total. The monoisotopic (exact) mass is 450 g/mol. The Bertz CT molecular complexity index is 1140. The van der Waals surface area contributed by atoms with Gasteiger partial charge in [-0.25, -0.2) is 9.37 Å². The summed E-state index contributed by atoms with van der Waals surface area (Å²) in [7, 11) is 3.98. The molecule has 4 heterocycles. The van der Waals surface area contributed by atoms with E-state index < -0.39 is 11.7 Å². The zero-order valence-corrected chi connectivity index (χ0v) is 19.6. The average molecular weight is 451 g/mol. The highest BCUT2D eigenvalue weighted by molar-refractivity contribution is 5.69. The Morgan fingerprint density at radius 3 is 2.64 bits per heavy atom. The van der Waals surface area contributed by atoms with Gasteiger partial charge in [0.05, 0.1) is 29.3 Å². The van der Waals surface area contributed by atoms with Crippen molar-refractivity contribution < 1.29 is 9.50 Å². The van der Waals surface area contributed by atoms with Gasteiger partial charge in [-0.2, -0.15) is 0 Å². The number of halogens is 1. The minimum absolute atomic E-state index is 0.0232. The van der Waals surface area contributed by atoms with Crippen LogP contribution >= 0.6 is 0 Å². The number of hydrogen-bond acceptors (Lipinski definition) is 6. The second-order valence-electron chi connectivity index (χ2n) is 10.00. The first-order valence-electron chi connectivity index (χ1n) is 11.5. The van der Waals surface area contributed by atoms with Crippen LogP contribution in [0.2, 0.25) is 0 Å². The molecule has 7 nitrogen and oxygen atoms in total. The Labute approximate surface area is 193 Å². The molecule has 0 unspecified atom stereocenters. The molecular weight excluding hydrogens is 419 g/mol. The van der Waals surface area contributed by atoms with E-state index in [0.29, 0.717) is 17.1 Å². The van der Waals surface area contributed by atoms with Crippen LogP contribution < -0.4 is 4.90 Å². The first-order valence-corrected chi connectivity index (χ1v) is 11.5. The van der Waals surface area contributed by atoms with Gasteiger partial charge in [0, 0.05) is 36.6 Å². The van der Waals surface area contributed by atoms with Crippen LogP contribution in [0.4, 0.5) is 10.2 Å². The van der Waals surface area contributed by atoms with E-state index in [1.807, 2.05) is 47.0 Å². The summed E-state index contributed by atoms with van der Waals surface area (Å²) in [6.07, 6.45) is 7.94. The second-order valence-corrected chi connectivity index (χ2v) is 10.00. The SMILES string of the molecule is CN(c1ccc(-c2ccc(-n3ccnc3)cc2O)nn1)[C@@H]1C[C@@]2(C)CCC[C@@](C)([C@H]1F)N2C. The quantitative estimate of drug-likeness (QED) is 0.642. The highest BCUT2D eigenvalue weighted by Crippen LogP contribution is 2.49. The van der Waals surface area contributed by atoms with Crippen molar-refractivity contribution in [3.05, 3.63) is 49.1 Å². The first-order chi connectivity index (χ1) is 15.7. The molecule has 2 bridgehead atoms. The van der Waals surface area contributed by atoms with Gasteiger partial charge in [0.1, 0.15) is 11.9 Å². The van der Waals surface area contributed by atoms with Crippen molar-refractivity contribution in [1.82, 2.24) is 24.6 Å². The molecule has 2 aromatic heterocycles. The summed E-state index contributed by atoms with van der Waals surface area (Å²) in [4.78, 5) is 8.24. The molecule has 2 saturated heterocycles. The van der Waals surface area contributed by atoms with E-state index in [2.05, 4.69) is 41.0 Å². The molecule has 0 radical (unpaired) electrons. The van der Waals surface area contributed by atoms with E-state index >= 15 is 4.39 Å². The summed E-state index contributed by atoms with van der Waals surface area (Å²) in [5.74, 6) is 0.750. The van der Waals surface area contributed by atoms with Crippen LogP contribution in [0, 0.1) is 0 Å². The Hall–Kier alpha value is -3.00. The number of imidazole rings is 1. The highest BCUT2D eigenvalue weighted by Gasteiger charge is 2.57. The Morgan fingerprint density at radius 1 is 1.15 bits per heavy atom. The number of aromatic hydroxyl groups is 1. The molecule has 0 aliphatic carbocycles. The molecule has 174 valence electrons. The van der Waals surface area contributed by atoms with Crippen molar-refractivity contribution in [2.75, 3.05) is 19.0 Å². The largest absolute Gasteiger partial charge is 0.507 e. The van der Waals surface area contributed by atoms with Crippen molar-refractivity contribution in [2.24, 2.45) is 0 Å². The van der Waals surface area contributed by atoms with Crippen molar-refractivity contribution in [1.29, 1.82) is 0 Å². The summed E-state index contributed by atoms with van der Waals surface area (Å²) in [5.41, 5.74) is 1.47. The normalized spacial score (nSPS) is 29.7. The van der Waals surface area contributed by atoms with Crippen molar-refractivity contribution >= 4 is 5.82 Å². The molecule has 5 rings (SSSR count). The Balaban J connectivity index is 1.39. The molecule has 4 atom stereocenters. The summed E-state index contributed by atoms with van der Waals surface area (Å²) in [6.45, 7) is 4.31. The molecule has 2 fully saturated rings. The minimum Gasteiger partial charge on any atom is -0.507 e. The number of fused-ring (bicyclic) bond motifs is 2. The third-order valence-corrected chi connectivity index (χ3v) is 8.12. The lowest BCUT2D eigenvalue weighted by molar-refractivity contribution is -0.117. The van der Waals surface area contributed by atoms with E-state index in [-0.39, 0.29) is 17.3 Å². The lowest BCUT2D eigenvalue weighted by Crippen LogP contribution is -2.72. The van der Waals surface area contributed by atoms with Crippen LogP contribution in [0.5, 0.6) is 5.75 Å². The smallest absolute Gasteiger partial charge is 0.151 e. The predicted octanol–water partition coefficient (Wildman–Crippen LogP) is 4.21. The fourth-order valence-electron chi connectivity index (χ4n) is 5.78. The fourth-order valence-corrected chi connectivity index (χ4v) is 5.78. The van der Waals surface area contributed by atoms with Gasteiger partial charge in [-0.3, -0.25) is 4.90 Å². The van der Waals surface area contributed by atoms with E-state index in [9.17, 15) is 5.11 Å². The molecule has 1 aromatic carbocycles. The maximum atomic E-state index is 15.8. The van der Waals surface area contributed by atoms with E-state index in [0.717, 1.165) is 31.4 Å². The molecule has 2 aliphatic rings. The lowest BCUT2D eigenvalue weighted by Gasteiger charge is -2.62. The van der Waals surface area contributed by atoms with Gasteiger partial charge < -0.3 is 14.6 Å². The number of anilines is 1. The summed E-state index contributed by atoms with van der Waals surface area (Å²) in [5, 5.41) is 19.3. The number of aromatic nitrogens is 4. The van der Waals surface area contributed by atoms with Gasteiger partial charge in [0.2, 0.25) is 0 Å². The number of benzene rings is 1. The minimum atomic E-state index is -0.984. The second kappa shape index (κ2) is 7.80. The number of phenolic OH excluding ortho intramolecular Hbond substituents is 1. The maximum Gasteiger partial charge on any atom is 0.151 e. The predicted molar refractivity (Wildman–Crippen MR) is 126 cm³/mol. The first kappa shape index (κ1) is 21.8. The zero-order chi connectivity index (χ0) is 23.4. The summed E-state index contributed by atoms with van der Waals surface area (Å²) in [6, 6.07) is 8.80.